The number of hydrogen-bond acceptors (Lipinski definition) is 5. The van der Waals surface area contributed by atoms with E-state index in [4.69, 9.17) is 4.74 Å². The van der Waals surface area contributed by atoms with Crippen LogP contribution in [0.15, 0.2) is 17.4 Å². The standard InChI is InChI=1S/C11H14N4O/c1-2-8-10(13-5-4-12-8)9(3-1)15-11-14-6-7-16-11/h4-5,9H,1-3,6-7H2,(H,14,15). The lowest BCUT2D eigenvalue weighted by Gasteiger charge is -2.24. The highest BCUT2D eigenvalue weighted by Crippen LogP contribution is 2.26. The molecule has 3 rings (SSSR count). The van der Waals surface area contributed by atoms with Gasteiger partial charge in [0, 0.05) is 12.4 Å². The first kappa shape index (κ1) is 9.57. The first-order valence-electron chi connectivity index (χ1n) is 5.67. The second-order valence-electron chi connectivity index (χ2n) is 4.01. The number of rotatable bonds is 1. The number of fused-ring (bicyclic) bond motifs is 1. The Morgan fingerprint density at radius 2 is 2.25 bits per heavy atom. The van der Waals surface area contributed by atoms with Crippen LogP contribution in [0.25, 0.3) is 0 Å². The predicted molar refractivity (Wildman–Crippen MR) is 59.1 cm³/mol. The fourth-order valence-electron chi connectivity index (χ4n) is 2.18. The largest absolute Gasteiger partial charge is 0.463 e. The van der Waals surface area contributed by atoms with Crippen LogP contribution in [0.2, 0.25) is 0 Å². The first-order valence-corrected chi connectivity index (χ1v) is 5.67. The average molecular weight is 218 g/mol. The van der Waals surface area contributed by atoms with E-state index in [9.17, 15) is 0 Å². The Balaban J connectivity index is 1.81. The van der Waals surface area contributed by atoms with Gasteiger partial charge in [0.25, 0.3) is 6.02 Å². The van der Waals surface area contributed by atoms with Crippen molar-refractivity contribution in [2.24, 2.45) is 4.99 Å². The summed E-state index contributed by atoms with van der Waals surface area (Å²) in [7, 11) is 0. The zero-order valence-corrected chi connectivity index (χ0v) is 9.02. The van der Waals surface area contributed by atoms with E-state index in [2.05, 4.69) is 20.3 Å². The summed E-state index contributed by atoms with van der Waals surface area (Å²) in [5, 5.41) is 3.30. The van der Waals surface area contributed by atoms with Gasteiger partial charge in [0.05, 0.1) is 24.0 Å². The maximum atomic E-state index is 5.36. The Hall–Kier alpha value is -1.65. The summed E-state index contributed by atoms with van der Waals surface area (Å²) in [4.78, 5) is 13.0. The van der Waals surface area contributed by atoms with Crippen molar-refractivity contribution < 1.29 is 4.74 Å². The molecule has 1 aliphatic carbocycles. The number of amidine groups is 1. The molecule has 1 aromatic rings. The normalized spacial score (nSPS) is 23.2. The molecule has 2 aliphatic rings. The summed E-state index contributed by atoms with van der Waals surface area (Å²) >= 11 is 0. The van der Waals surface area contributed by atoms with Crippen molar-refractivity contribution in [3.8, 4) is 0 Å². The number of ether oxygens (including phenoxy) is 1. The van der Waals surface area contributed by atoms with E-state index in [1.54, 1.807) is 12.4 Å². The number of aliphatic imine (C=N–C) groups is 1. The Bertz CT molecular complexity index is 418. The molecule has 1 aliphatic heterocycles. The van der Waals surface area contributed by atoms with E-state index in [0.29, 0.717) is 12.6 Å². The third kappa shape index (κ3) is 1.73. The van der Waals surface area contributed by atoms with Crippen molar-refractivity contribution >= 4 is 6.02 Å². The molecular formula is C11H14N4O. The second kappa shape index (κ2) is 4.08. The van der Waals surface area contributed by atoms with Gasteiger partial charge in [-0.25, -0.2) is 4.99 Å². The van der Waals surface area contributed by atoms with Gasteiger partial charge in [-0.05, 0) is 19.3 Å². The van der Waals surface area contributed by atoms with Crippen molar-refractivity contribution in [3.05, 3.63) is 23.8 Å². The lowest BCUT2D eigenvalue weighted by molar-refractivity contribution is 0.320. The zero-order chi connectivity index (χ0) is 10.8. The van der Waals surface area contributed by atoms with Gasteiger partial charge in [-0.3, -0.25) is 9.97 Å². The van der Waals surface area contributed by atoms with Gasteiger partial charge in [0.1, 0.15) is 6.61 Å². The molecule has 84 valence electrons. The van der Waals surface area contributed by atoms with E-state index in [-0.39, 0.29) is 6.04 Å². The van der Waals surface area contributed by atoms with E-state index in [0.717, 1.165) is 37.2 Å². The number of aromatic nitrogens is 2. The maximum Gasteiger partial charge on any atom is 0.285 e. The number of hydrogen-bond donors (Lipinski definition) is 1. The molecule has 0 saturated heterocycles. The molecule has 2 heterocycles. The van der Waals surface area contributed by atoms with Crippen LogP contribution in [-0.2, 0) is 11.2 Å². The molecule has 16 heavy (non-hydrogen) atoms. The van der Waals surface area contributed by atoms with Crippen LogP contribution in [0.1, 0.15) is 30.3 Å². The van der Waals surface area contributed by atoms with Gasteiger partial charge < -0.3 is 10.1 Å². The van der Waals surface area contributed by atoms with Gasteiger partial charge in [-0.1, -0.05) is 0 Å². The highest BCUT2D eigenvalue weighted by atomic mass is 16.5. The Labute approximate surface area is 94.0 Å². The molecule has 0 spiro atoms. The predicted octanol–water partition coefficient (Wildman–Crippen LogP) is 0.830. The molecule has 0 radical (unpaired) electrons. The molecular weight excluding hydrogens is 204 g/mol. The summed E-state index contributed by atoms with van der Waals surface area (Å²) in [5.74, 6) is 0. The molecule has 0 saturated carbocycles. The lowest BCUT2D eigenvalue weighted by atomic mass is 9.95. The van der Waals surface area contributed by atoms with Crippen LogP contribution in [0.5, 0.6) is 0 Å². The van der Waals surface area contributed by atoms with Crippen LogP contribution in [-0.4, -0.2) is 29.1 Å². The molecule has 0 bridgehead atoms. The molecule has 5 nitrogen and oxygen atoms in total. The summed E-state index contributed by atoms with van der Waals surface area (Å²) in [6.45, 7) is 1.44. The van der Waals surface area contributed by atoms with Crippen LogP contribution in [0.4, 0.5) is 0 Å². The Kier molecular flexibility index (Phi) is 2.44. The zero-order valence-electron chi connectivity index (χ0n) is 9.02. The second-order valence-corrected chi connectivity index (χ2v) is 4.01. The van der Waals surface area contributed by atoms with Crippen molar-refractivity contribution in [1.82, 2.24) is 15.3 Å². The summed E-state index contributed by atoms with van der Waals surface area (Å²) in [6.07, 6.45) is 6.72. The van der Waals surface area contributed by atoms with Crippen LogP contribution in [0.3, 0.4) is 0 Å². The lowest BCUT2D eigenvalue weighted by Crippen LogP contribution is -2.32. The highest BCUT2D eigenvalue weighted by Gasteiger charge is 2.24. The molecule has 1 unspecified atom stereocenters. The molecule has 1 aromatic heterocycles. The maximum absolute atomic E-state index is 5.36. The van der Waals surface area contributed by atoms with Crippen molar-refractivity contribution in [2.75, 3.05) is 13.2 Å². The van der Waals surface area contributed by atoms with E-state index >= 15 is 0 Å². The van der Waals surface area contributed by atoms with Gasteiger partial charge in [-0.2, -0.15) is 0 Å². The van der Waals surface area contributed by atoms with Crippen molar-refractivity contribution in [3.63, 3.8) is 0 Å². The fourth-order valence-corrected chi connectivity index (χ4v) is 2.18. The van der Waals surface area contributed by atoms with Crippen LogP contribution < -0.4 is 5.32 Å². The van der Waals surface area contributed by atoms with Crippen LogP contribution >= 0.6 is 0 Å². The van der Waals surface area contributed by atoms with E-state index < -0.39 is 0 Å². The third-order valence-corrected chi connectivity index (χ3v) is 2.93. The van der Waals surface area contributed by atoms with Crippen molar-refractivity contribution in [1.29, 1.82) is 0 Å². The minimum absolute atomic E-state index is 0.203. The summed E-state index contributed by atoms with van der Waals surface area (Å²) in [6, 6.07) is 0.859. The fraction of sp³-hybridized carbons (Fsp3) is 0.545. The first-order chi connectivity index (χ1) is 7.93. The Morgan fingerprint density at radius 3 is 3.12 bits per heavy atom. The highest BCUT2D eigenvalue weighted by molar-refractivity contribution is 5.75. The number of aryl methyl sites for hydroxylation is 1. The quantitative estimate of drug-likeness (QED) is 0.758. The summed E-state index contributed by atoms with van der Waals surface area (Å²) in [5.41, 5.74) is 2.15. The molecule has 0 amide bonds. The number of nitrogens with zero attached hydrogens (tertiary/aromatic N) is 3. The molecule has 0 aromatic carbocycles. The van der Waals surface area contributed by atoms with Gasteiger partial charge >= 0.3 is 0 Å². The minimum atomic E-state index is 0.203. The molecule has 0 fully saturated rings. The Morgan fingerprint density at radius 1 is 1.31 bits per heavy atom. The average Bonchev–Trinajstić information content (AvgIpc) is 2.82. The van der Waals surface area contributed by atoms with E-state index in [1.807, 2.05) is 0 Å². The monoisotopic (exact) mass is 218 g/mol. The molecule has 5 heteroatoms. The molecule has 1 atom stereocenters. The van der Waals surface area contributed by atoms with Gasteiger partial charge in [-0.15, -0.1) is 0 Å². The number of nitrogens with one attached hydrogen (secondary N) is 1. The smallest absolute Gasteiger partial charge is 0.285 e. The topological polar surface area (TPSA) is 59.4 Å². The van der Waals surface area contributed by atoms with Gasteiger partial charge in [0.2, 0.25) is 0 Å². The van der Waals surface area contributed by atoms with Gasteiger partial charge in [0.15, 0.2) is 0 Å². The van der Waals surface area contributed by atoms with E-state index in [1.165, 1.54) is 0 Å². The SMILES string of the molecule is c1cnc2c(n1)CCCC2NC1=NCCO1. The van der Waals surface area contributed by atoms with Crippen LogP contribution in [0, 0.1) is 0 Å². The summed E-state index contributed by atoms with van der Waals surface area (Å²) < 4.78 is 5.36. The third-order valence-electron chi connectivity index (χ3n) is 2.93. The molecule has 1 N–H and O–H groups in total. The minimum Gasteiger partial charge on any atom is -0.463 e. The van der Waals surface area contributed by atoms with Crippen molar-refractivity contribution in [2.45, 2.75) is 25.3 Å².